The fourth-order valence-electron chi connectivity index (χ4n) is 1.34. The molecule has 0 aromatic heterocycles. The van der Waals surface area contributed by atoms with E-state index in [0.717, 1.165) is 16.9 Å². The molecule has 0 aliphatic carbocycles. The lowest BCUT2D eigenvalue weighted by atomic mass is 10.1. The molecule has 1 rings (SSSR count). The van der Waals surface area contributed by atoms with Crippen molar-refractivity contribution in [3.63, 3.8) is 0 Å². The molecule has 1 aromatic rings. The van der Waals surface area contributed by atoms with Gasteiger partial charge >= 0.3 is 0 Å². The summed E-state index contributed by atoms with van der Waals surface area (Å²) in [5.74, 6) is 0.888. The molecule has 0 saturated heterocycles. The van der Waals surface area contributed by atoms with Crippen molar-refractivity contribution >= 4 is 5.57 Å². The van der Waals surface area contributed by atoms with E-state index in [2.05, 4.69) is 12.6 Å². The molecule has 15 heavy (non-hydrogen) atoms. The highest BCUT2D eigenvalue weighted by Gasteiger charge is 2.04. The minimum atomic E-state index is 0.570. The van der Waals surface area contributed by atoms with Crippen molar-refractivity contribution in [2.75, 3.05) is 20.3 Å². The van der Waals surface area contributed by atoms with Gasteiger partial charge in [0.1, 0.15) is 12.4 Å². The van der Waals surface area contributed by atoms with Crippen molar-refractivity contribution in [1.82, 2.24) is 0 Å². The summed E-state index contributed by atoms with van der Waals surface area (Å²) in [6.45, 7) is 9.13. The molecule has 0 spiro atoms. The van der Waals surface area contributed by atoms with E-state index in [-0.39, 0.29) is 0 Å². The Hall–Kier alpha value is -1.28. The Bertz CT molecular complexity index is 342. The first kappa shape index (κ1) is 11.8. The number of benzene rings is 1. The molecule has 0 saturated carbocycles. The molecule has 2 nitrogen and oxygen atoms in total. The molecule has 0 aliphatic rings. The molecule has 2 heteroatoms. The highest BCUT2D eigenvalue weighted by molar-refractivity contribution is 5.67. The highest BCUT2D eigenvalue weighted by atomic mass is 16.5. The van der Waals surface area contributed by atoms with Crippen molar-refractivity contribution in [2.45, 2.75) is 13.8 Å². The lowest BCUT2D eigenvalue weighted by Crippen LogP contribution is -2.05. The number of hydrogen-bond acceptors (Lipinski definition) is 2. The smallest absolute Gasteiger partial charge is 0.127 e. The molecule has 0 bridgehead atoms. The van der Waals surface area contributed by atoms with Crippen LogP contribution >= 0.6 is 0 Å². The number of methoxy groups -OCH3 is 1. The van der Waals surface area contributed by atoms with Crippen molar-refractivity contribution < 1.29 is 9.47 Å². The van der Waals surface area contributed by atoms with Gasteiger partial charge in [-0.2, -0.15) is 0 Å². The van der Waals surface area contributed by atoms with Gasteiger partial charge in [-0.15, -0.1) is 0 Å². The maximum atomic E-state index is 5.63. The zero-order valence-corrected chi connectivity index (χ0v) is 9.67. The molecule has 0 radical (unpaired) electrons. The van der Waals surface area contributed by atoms with E-state index < -0.39 is 0 Å². The van der Waals surface area contributed by atoms with Crippen LogP contribution in [0.5, 0.6) is 5.75 Å². The van der Waals surface area contributed by atoms with Crippen molar-refractivity contribution in [3.05, 3.63) is 35.9 Å². The van der Waals surface area contributed by atoms with Crippen LogP contribution in [0.25, 0.3) is 5.57 Å². The molecule has 0 heterocycles. The third-order valence-electron chi connectivity index (χ3n) is 2.14. The monoisotopic (exact) mass is 206 g/mol. The summed E-state index contributed by atoms with van der Waals surface area (Å²) >= 11 is 0. The summed E-state index contributed by atoms with van der Waals surface area (Å²) in [7, 11) is 1.67. The molecular weight excluding hydrogens is 188 g/mol. The van der Waals surface area contributed by atoms with E-state index in [1.165, 1.54) is 5.56 Å². The van der Waals surface area contributed by atoms with Gasteiger partial charge in [-0.05, 0) is 31.1 Å². The first-order chi connectivity index (χ1) is 7.15. The van der Waals surface area contributed by atoms with E-state index in [9.17, 15) is 0 Å². The molecule has 0 fully saturated rings. The van der Waals surface area contributed by atoms with Crippen molar-refractivity contribution in [3.8, 4) is 5.75 Å². The van der Waals surface area contributed by atoms with E-state index in [1.807, 2.05) is 26.0 Å². The topological polar surface area (TPSA) is 18.5 Å². The van der Waals surface area contributed by atoms with Gasteiger partial charge in [-0.25, -0.2) is 0 Å². The molecule has 0 atom stereocenters. The number of allylic oxidation sites excluding steroid dienone is 1. The van der Waals surface area contributed by atoms with Crippen LogP contribution in [0.3, 0.4) is 0 Å². The molecule has 0 unspecified atom stereocenters. The van der Waals surface area contributed by atoms with Crippen LogP contribution in [0.2, 0.25) is 0 Å². The van der Waals surface area contributed by atoms with E-state index in [1.54, 1.807) is 7.11 Å². The zero-order valence-electron chi connectivity index (χ0n) is 9.67. The second-order valence-electron chi connectivity index (χ2n) is 3.62. The standard InChI is InChI=1S/C13H18O2/c1-10(2)12-6-5-11(3)9-13(12)15-8-7-14-4/h5-6,9H,1,7-8H2,2-4H3. The first-order valence-electron chi connectivity index (χ1n) is 5.03. The third-order valence-corrected chi connectivity index (χ3v) is 2.14. The van der Waals surface area contributed by atoms with Gasteiger partial charge in [0.15, 0.2) is 0 Å². The van der Waals surface area contributed by atoms with Gasteiger partial charge in [-0.3, -0.25) is 0 Å². The Morgan fingerprint density at radius 2 is 2.07 bits per heavy atom. The Morgan fingerprint density at radius 1 is 1.33 bits per heavy atom. The largest absolute Gasteiger partial charge is 0.491 e. The highest BCUT2D eigenvalue weighted by Crippen LogP contribution is 2.25. The maximum absolute atomic E-state index is 5.63. The van der Waals surface area contributed by atoms with Gasteiger partial charge in [0, 0.05) is 12.7 Å². The maximum Gasteiger partial charge on any atom is 0.127 e. The summed E-state index contributed by atoms with van der Waals surface area (Å²) in [4.78, 5) is 0. The fourth-order valence-corrected chi connectivity index (χ4v) is 1.34. The predicted molar refractivity (Wildman–Crippen MR) is 63.3 cm³/mol. The minimum Gasteiger partial charge on any atom is -0.491 e. The molecule has 82 valence electrons. The normalized spacial score (nSPS) is 10.1. The molecule has 0 aliphatic heterocycles. The molecule has 0 N–H and O–H groups in total. The molecular formula is C13H18O2. The van der Waals surface area contributed by atoms with Crippen LogP contribution < -0.4 is 4.74 Å². The van der Waals surface area contributed by atoms with Crippen LogP contribution in [-0.2, 0) is 4.74 Å². The number of ether oxygens (including phenoxy) is 2. The zero-order chi connectivity index (χ0) is 11.3. The SMILES string of the molecule is C=C(C)c1ccc(C)cc1OCCOC. The van der Waals surface area contributed by atoms with E-state index >= 15 is 0 Å². The van der Waals surface area contributed by atoms with Gasteiger partial charge in [0.05, 0.1) is 6.61 Å². The van der Waals surface area contributed by atoms with Crippen LogP contribution in [0.1, 0.15) is 18.1 Å². The minimum absolute atomic E-state index is 0.570. The second-order valence-corrected chi connectivity index (χ2v) is 3.62. The average molecular weight is 206 g/mol. The predicted octanol–water partition coefficient (Wildman–Crippen LogP) is 3.05. The van der Waals surface area contributed by atoms with Crippen molar-refractivity contribution in [2.24, 2.45) is 0 Å². The van der Waals surface area contributed by atoms with Crippen molar-refractivity contribution in [1.29, 1.82) is 0 Å². The quantitative estimate of drug-likeness (QED) is 0.689. The van der Waals surface area contributed by atoms with Gasteiger partial charge in [-0.1, -0.05) is 18.7 Å². The van der Waals surface area contributed by atoms with E-state index in [4.69, 9.17) is 9.47 Å². The lowest BCUT2D eigenvalue weighted by molar-refractivity contribution is 0.146. The summed E-state index contributed by atoms with van der Waals surface area (Å²) in [5.41, 5.74) is 3.27. The first-order valence-corrected chi connectivity index (χ1v) is 5.03. The number of aryl methyl sites for hydroxylation is 1. The number of rotatable bonds is 5. The number of hydrogen-bond donors (Lipinski definition) is 0. The fraction of sp³-hybridized carbons (Fsp3) is 0.385. The summed E-state index contributed by atoms with van der Waals surface area (Å²) in [5, 5.41) is 0. The Balaban J connectivity index is 2.82. The lowest BCUT2D eigenvalue weighted by Gasteiger charge is -2.11. The summed E-state index contributed by atoms with van der Waals surface area (Å²) in [6, 6.07) is 6.13. The third kappa shape index (κ3) is 3.40. The Labute approximate surface area is 91.5 Å². The van der Waals surface area contributed by atoms with E-state index in [0.29, 0.717) is 13.2 Å². The molecule has 1 aromatic carbocycles. The van der Waals surface area contributed by atoms with Crippen LogP contribution in [0.15, 0.2) is 24.8 Å². The van der Waals surface area contributed by atoms with Gasteiger partial charge in [0.2, 0.25) is 0 Å². The van der Waals surface area contributed by atoms with Crippen LogP contribution in [-0.4, -0.2) is 20.3 Å². The van der Waals surface area contributed by atoms with Gasteiger partial charge < -0.3 is 9.47 Å². The summed E-state index contributed by atoms with van der Waals surface area (Å²) < 4.78 is 10.6. The molecule has 0 amide bonds. The Kier molecular flexibility index (Phi) is 4.37. The average Bonchev–Trinajstić information content (AvgIpc) is 2.18. The summed E-state index contributed by atoms with van der Waals surface area (Å²) in [6.07, 6.45) is 0. The van der Waals surface area contributed by atoms with Crippen LogP contribution in [0.4, 0.5) is 0 Å². The van der Waals surface area contributed by atoms with Gasteiger partial charge in [0.25, 0.3) is 0 Å². The Morgan fingerprint density at radius 3 is 2.67 bits per heavy atom. The van der Waals surface area contributed by atoms with Crippen LogP contribution in [0, 0.1) is 6.92 Å². The second kappa shape index (κ2) is 5.56.